The van der Waals surface area contributed by atoms with E-state index in [1.54, 1.807) is 35.4 Å². The lowest BCUT2D eigenvalue weighted by Gasteiger charge is -2.20. The van der Waals surface area contributed by atoms with Crippen LogP contribution in [0, 0.1) is 0 Å². The summed E-state index contributed by atoms with van der Waals surface area (Å²) in [5.41, 5.74) is 4.26. The summed E-state index contributed by atoms with van der Waals surface area (Å²) in [5, 5.41) is 28.9. The lowest BCUT2D eigenvalue weighted by Crippen LogP contribution is -2.15. The Balaban J connectivity index is 1.38. The molecule has 0 radical (unpaired) electrons. The van der Waals surface area contributed by atoms with Gasteiger partial charge in [0.05, 0.1) is 40.4 Å². The van der Waals surface area contributed by atoms with Crippen LogP contribution in [0.25, 0.3) is 33.8 Å². The van der Waals surface area contributed by atoms with Crippen LogP contribution in [0.15, 0.2) is 94.5 Å². The quantitative estimate of drug-likeness (QED) is 0.206. The maximum atomic E-state index is 12.2. The maximum absolute atomic E-state index is 12.2. The standard InChI is InChI=1S/C29H26N8O3/c1-2-37-25-13-20(10-11-21(25)27(39)36-37)32-26-14-23(33-24(17-38)18-7-4-3-5-8-18)22(16-31-26)29-35-34-28(40-29)19-9-6-12-30-15-19/h3-16,24,38H,2,17H2,1H3,(H,36,39)(H2,31,32,33)/t24-/m1/s1. The largest absolute Gasteiger partial charge is 0.416 e. The number of nitrogens with zero attached hydrogens (tertiary/aromatic N) is 5. The first-order chi connectivity index (χ1) is 19.6. The number of hydrogen-bond donors (Lipinski definition) is 4. The molecule has 0 saturated carbocycles. The summed E-state index contributed by atoms with van der Waals surface area (Å²) in [5.74, 6) is 1.15. The molecule has 0 aliphatic rings. The van der Waals surface area contributed by atoms with Gasteiger partial charge in [-0.3, -0.25) is 19.6 Å². The number of aromatic amines is 1. The van der Waals surface area contributed by atoms with Gasteiger partial charge in [-0.15, -0.1) is 10.2 Å². The Kier molecular flexibility index (Phi) is 6.77. The van der Waals surface area contributed by atoms with Gasteiger partial charge in [-0.05, 0) is 42.8 Å². The number of H-pyrrole nitrogens is 1. The van der Waals surface area contributed by atoms with Crippen LogP contribution in [-0.4, -0.2) is 41.7 Å². The number of aromatic nitrogens is 6. The van der Waals surface area contributed by atoms with Crippen molar-refractivity contribution in [2.45, 2.75) is 19.5 Å². The molecule has 4 aromatic heterocycles. The summed E-state index contributed by atoms with van der Waals surface area (Å²) in [4.78, 5) is 20.9. The molecule has 4 N–H and O–H groups in total. The zero-order valence-electron chi connectivity index (χ0n) is 21.6. The van der Waals surface area contributed by atoms with E-state index < -0.39 is 6.04 Å². The molecule has 11 heteroatoms. The molecule has 6 rings (SSSR count). The fourth-order valence-corrected chi connectivity index (χ4v) is 4.52. The Morgan fingerprint density at radius 3 is 2.65 bits per heavy atom. The fourth-order valence-electron chi connectivity index (χ4n) is 4.52. The van der Waals surface area contributed by atoms with E-state index in [1.165, 1.54) is 0 Å². The van der Waals surface area contributed by atoms with Crippen molar-refractivity contribution in [3.63, 3.8) is 0 Å². The Labute approximate surface area is 228 Å². The van der Waals surface area contributed by atoms with Gasteiger partial charge in [0.1, 0.15) is 5.82 Å². The van der Waals surface area contributed by atoms with Gasteiger partial charge in [0, 0.05) is 36.9 Å². The van der Waals surface area contributed by atoms with Crippen molar-refractivity contribution in [1.82, 2.24) is 29.9 Å². The number of aryl methyl sites for hydroxylation is 1. The molecular formula is C29H26N8O3. The summed E-state index contributed by atoms with van der Waals surface area (Å²) in [7, 11) is 0. The van der Waals surface area contributed by atoms with E-state index in [0.717, 1.165) is 16.8 Å². The first-order valence-electron chi connectivity index (χ1n) is 12.8. The molecule has 2 aromatic carbocycles. The van der Waals surface area contributed by atoms with Crippen molar-refractivity contribution in [3.05, 3.63) is 101 Å². The Bertz CT molecular complexity index is 1810. The first kappa shape index (κ1) is 25.0. The normalized spacial score (nSPS) is 11.9. The number of aliphatic hydroxyl groups is 1. The average molecular weight is 535 g/mol. The Hall–Kier alpha value is -5.29. The average Bonchev–Trinajstić information content (AvgIpc) is 3.61. The van der Waals surface area contributed by atoms with Gasteiger partial charge in [0.2, 0.25) is 5.89 Å². The molecule has 200 valence electrons. The molecule has 0 fully saturated rings. The van der Waals surface area contributed by atoms with Crippen molar-refractivity contribution in [2.75, 3.05) is 17.2 Å². The Morgan fingerprint density at radius 1 is 1.02 bits per heavy atom. The fraction of sp³-hybridized carbons (Fsp3) is 0.138. The molecule has 1 atom stereocenters. The SMILES string of the molecule is CCn1[nH]c(=O)c2ccc(Nc3cc(N[C@H](CO)c4ccccc4)c(-c4nnc(-c5cccnc5)o4)cn3)cc21. The van der Waals surface area contributed by atoms with Crippen LogP contribution in [0.4, 0.5) is 17.2 Å². The zero-order chi connectivity index (χ0) is 27.5. The minimum Gasteiger partial charge on any atom is -0.416 e. The van der Waals surface area contributed by atoms with Crippen molar-refractivity contribution >= 4 is 28.1 Å². The van der Waals surface area contributed by atoms with Gasteiger partial charge in [-0.25, -0.2) is 4.98 Å². The second-order valence-corrected chi connectivity index (χ2v) is 9.10. The minimum atomic E-state index is -0.397. The number of anilines is 3. The third kappa shape index (κ3) is 4.93. The van der Waals surface area contributed by atoms with E-state index in [2.05, 4.69) is 35.9 Å². The van der Waals surface area contributed by atoms with Crippen molar-refractivity contribution in [3.8, 4) is 22.9 Å². The lowest BCUT2D eigenvalue weighted by atomic mass is 10.1. The highest BCUT2D eigenvalue weighted by Crippen LogP contribution is 2.33. The molecule has 0 spiro atoms. The molecule has 0 unspecified atom stereocenters. The molecule has 0 saturated heterocycles. The Morgan fingerprint density at radius 2 is 1.88 bits per heavy atom. The van der Waals surface area contributed by atoms with Crippen LogP contribution in [-0.2, 0) is 6.54 Å². The van der Waals surface area contributed by atoms with Gasteiger partial charge in [-0.2, -0.15) is 0 Å². The predicted octanol–water partition coefficient (Wildman–Crippen LogP) is 4.75. The van der Waals surface area contributed by atoms with Crippen LogP contribution in [0.5, 0.6) is 0 Å². The van der Waals surface area contributed by atoms with Crippen LogP contribution in [0.3, 0.4) is 0 Å². The molecule has 6 aromatic rings. The van der Waals surface area contributed by atoms with Crippen LogP contribution >= 0.6 is 0 Å². The number of fused-ring (bicyclic) bond motifs is 1. The molecule has 40 heavy (non-hydrogen) atoms. The van der Waals surface area contributed by atoms with Gasteiger partial charge < -0.3 is 20.2 Å². The molecule has 0 bridgehead atoms. The third-order valence-electron chi connectivity index (χ3n) is 6.54. The topological polar surface area (TPSA) is 147 Å². The van der Waals surface area contributed by atoms with Crippen LogP contribution in [0.1, 0.15) is 18.5 Å². The predicted molar refractivity (Wildman–Crippen MR) is 152 cm³/mol. The summed E-state index contributed by atoms with van der Waals surface area (Å²) in [6.45, 7) is 2.46. The number of hydrogen-bond acceptors (Lipinski definition) is 9. The summed E-state index contributed by atoms with van der Waals surface area (Å²) in [6, 6.07) is 20.2. The second-order valence-electron chi connectivity index (χ2n) is 9.10. The number of pyridine rings is 2. The van der Waals surface area contributed by atoms with Crippen LogP contribution < -0.4 is 16.2 Å². The molecule has 4 heterocycles. The lowest BCUT2D eigenvalue weighted by molar-refractivity contribution is 0.276. The smallest absolute Gasteiger partial charge is 0.271 e. The first-order valence-corrected chi connectivity index (χ1v) is 12.8. The number of nitrogens with one attached hydrogen (secondary N) is 3. The molecule has 0 aliphatic heterocycles. The highest BCUT2D eigenvalue weighted by atomic mass is 16.4. The molecular weight excluding hydrogens is 508 g/mol. The van der Waals surface area contributed by atoms with E-state index in [4.69, 9.17) is 4.42 Å². The molecule has 0 aliphatic carbocycles. The molecule has 0 amide bonds. The number of rotatable bonds is 9. The minimum absolute atomic E-state index is 0.126. The summed E-state index contributed by atoms with van der Waals surface area (Å²) in [6.07, 6.45) is 4.96. The number of aliphatic hydroxyl groups excluding tert-OH is 1. The van der Waals surface area contributed by atoms with E-state index in [1.807, 2.05) is 61.5 Å². The summed E-state index contributed by atoms with van der Waals surface area (Å²) >= 11 is 0. The second kappa shape index (κ2) is 10.8. The monoisotopic (exact) mass is 534 g/mol. The van der Waals surface area contributed by atoms with E-state index in [-0.39, 0.29) is 18.1 Å². The highest BCUT2D eigenvalue weighted by Gasteiger charge is 2.19. The molecule has 11 nitrogen and oxygen atoms in total. The van der Waals surface area contributed by atoms with E-state index >= 15 is 0 Å². The van der Waals surface area contributed by atoms with Gasteiger partial charge in [0.25, 0.3) is 11.4 Å². The maximum Gasteiger partial charge on any atom is 0.271 e. The van der Waals surface area contributed by atoms with Gasteiger partial charge >= 0.3 is 0 Å². The van der Waals surface area contributed by atoms with Gasteiger partial charge in [0.15, 0.2) is 0 Å². The van der Waals surface area contributed by atoms with Crippen molar-refractivity contribution in [2.24, 2.45) is 0 Å². The van der Waals surface area contributed by atoms with E-state index in [9.17, 15) is 9.90 Å². The van der Waals surface area contributed by atoms with Crippen molar-refractivity contribution < 1.29 is 9.52 Å². The third-order valence-corrected chi connectivity index (χ3v) is 6.54. The number of benzene rings is 2. The van der Waals surface area contributed by atoms with E-state index in [0.29, 0.717) is 40.5 Å². The van der Waals surface area contributed by atoms with Gasteiger partial charge in [-0.1, -0.05) is 30.3 Å². The highest BCUT2D eigenvalue weighted by molar-refractivity contribution is 5.84. The van der Waals surface area contributed by atoms with Crippen LogP contribution in [0.2, 0.25) is 0 Å². The zero-order valence-corrected chi connectivity index (χ0v) is 21.6. The summed E-state index contributed by atoms with van der Waals surface area (Å²) < 4.78 is 7.79. The van der Waals surface area contributed by atoms with Crippen molar-refractivity contribution in [1.29, 1.82) is 0 Å².